The molecule has 4 aliphatic heterocycles. The van der Waals surface area contributed by atoms with E-state index in [1.165, 1.54) is 6.07 Å². The fourth-order valence-electron chi connectivity index (χ4n) is 7.88. The number of piperidine rings is 2. The molecule has 3 saturated heterocycles. The molecule has 0 spiro atoms. The van der Waals surface area contributed by atoms with Crippen molar-refractivity contribution in [3.8, 4) is 0 Å². The molecule has 0 aliphatic carbocycles. The zero-order valence-corrected chi connectivity index (χ0v) is 28.1. The van der Waals surface area contributed by atoms with Gasteiger partial charge >= 0.3 is 18.2 Å². The molecule has 14 heteroatoms. The summed E-state index contributed by atoms with van der Waals surface area (Å²) in [6.45, 7) is 5.18. The summed E-state index contributed by atoms with van der Waals surface area (Å²) in [5, 5.41) is 12.0. The monoisotopic (exact) mass is 698 g/mol. The van der Waals surface area contributed by atoms with Crippen molar-refractivity contribution >= 4 is 29.5 Å². The van der Waals surface area contributed by atoms with Gasteiger partial charge in [-0.15, -0.1) is 0 Å². The minimum Gasteiger partial charge on any atom is -0.480 e. The lowest BCUT2D eigenvalue weighted by Crippen LogP contribution is -2.55. The van der Waals surface area contributed by atoms with E-state index < -0.39 is 23.6 Å². The van der Waals surface area contributed by atoms with Gasteiger partial charge in [-0.2, -0.15) is 13.2 Å². The maximum atomic E-state index is 14.0. The Kier molecular flexibility index (Phi) is 11.0. The number of carboxylic acids is 1. The fraction of sp³-hybridized carbons (Fsp3) is 0.556. The molecule has 0 saturated carbocycles. The normalized spacial score (nSPS) is 20.7. The van der Waals surface area contributed by atoms with Gasteiger partial charge in [-0.05, 0) is 55.4 Å². The van der Waals surface area contributed by atoms with Crippen molar-refractivity contribution in [2.75, 3.05) is 64.2 Å². The lowest BCUT2D eigenvalue weighted by atomic mass is 9.91. The molecule has 11 nitrogen and oxygen atoms in total. The van der Waals surface area contributed by atoms with Crippen molar-refractivity contribution in [3.05, 3.63) is 65.2 Å². The molecule has 3 fully saturated rings. The molecule has 2 N–H and O–H groups in total. The average Bonchev–Trinajstić information content (AvgIpc) is 3.11. The largest absolute Gasteiger partial charge is 0.480 e. The van der Waals surface area contributed by atoms with Crippen LogP contribution in [0.5, 0.6) is 0 Å². The van der Waals surface area contributed by atoms with Crippen LogP contribution in [0.1, 0.15) is 48.8 Å². The number of urea groups is 1. The summed E-state index contributed by atoms with van der Waals surface area (Å²) < 4.78 is 40.6. The van der Waals surface area contributed by atoms with Crippen LogP contribution in [0.15, 0.2) is 48.5 Å². The Morgan fingerprint density at radius 3 is 2.18 bits per heavy atom. The molecule has 4 aliphatic rings. The van der Waals surface area contributed by atoms with Crippen molar-refractivity contribution in [2.24, 2.45) is 5.92 Å². The Balaban J connectivity index is 1.07. The van der Waals surface area contributed by atoms with Gasteiger partial charge in [0.2, 0.25) is 11.8 Å². The first-order chi connectivity index (χ1) is 23.9. The van der Waals surface area contributed by atoms with Crippen molar-refractivity contribution < 1.29 is 37.5 Å². The number of benzene rings is 2. The van der Waals surface area contributed by atoms with Crippen LogP contribution in [-0.4, -0.2) is 124 Å². The molecule has 2 aromatic rings. The predicted octanol–water partition coefficient (Wildman–Crippen LogP) is 3.99. The maximum absolute atomic E-state index is 14.0. The summed E-state index contributed by atoms with van der Waals surface area (Å²) in [5.41, 5.74) is 1.40. The van der Waals surface area contributed by atoms with Gasteiger partial charge in [0, 0.05) is 83.1 Å². The minimum absolute atomic E-state index is 0.0176. The molecule has 0 radical (unpaired) electrons. The number of aliphatic carboxylic acids is 1. The standard InChI is InChI=1S/C36H45F3N6O5/c37-36(38,39)28-6-3-4-25(21-28)20-27(34(49)44-14-8-29(9-15-44)42-18-16-41(17-19-42)24-33(47)48)22-32(46)43-12-10-30(11-13-43)45-23-26-5-1-2-7-31(26)40-35(45)50/h1-7,21,27,29-30H,8-20,22-24H2,(H,40,50)(H,47,48)/t27-/m1/s1. The molecule has 1 atom stereocenters. The van der Waals surface area contributed by atoms with Crippen LogP contribution in [-0.2, 0) is 33.5 Å². The number of amides is 4. The number of hydrogen-bond donors (Lipinski definition) is 2. The second kappa shape index (κ2) is 15.4. The van der Waals surface area contributed by atoms with E-state index in [1.54, 1.807) is 15.9 Å². The Hall–Kier alpha value is -4.17. The average molecular weight is 699 g/mol. The number of halogens is 3. The van der Waals surface area contributed by atoms with E-state index in [1.807, 2.05) is 34.1 Å². The minimum atomic E-state index is -4.52. The highest BCUT2D eigenvalue weighted by atomic mass is 19.4. The molecule has 2 aromatic carbocycles. The topological polar surface area (TPSA) is 117 Å². The summed E-state index contributed by atoms with van der Waals surface area (Å²) in [4.78, 5) is 61.2. The van der Waals surface area contributed by atoms with E-state index in [0.29, 0.717) is 64.2 Å². The highest BCUT2D eigenvalue weighted by Crippen LogP contribution is 2.32. The Morgan fingerprint density at radius 1 is 0.840 bits per heavy atom. The zero-order chi connectivity index (χ0) is 35.4. The quantitative estimate of drug-likeness (QED) is 0.407. The van der Waals surface area contributed by atoms with Crippen LogP contribution >= 0.6 is 0 Å². The second-order valence-corrected chi connectivity index (χ2v) is 13.9. The van der Waals surface area contributed by atoms with Crippen LogP contribution in [0.2, 0.25) is 0 Å². The van der Waals surface area contributed by atoms with E-state index in [4.69, 9.17) is 5.11 Å². The van der Waals surface area contributed by atoms with E-state index in [0.717, 1.165) is 49.3 Å². The van der Waals surface area contributed by atoms with Gasteiger partial charge in [-0.3, -0.25) is 24.2 Å². The number of nitrogens with zero attached hydrogens (tertiary/aromatic N) is 5. The van der Waals surface area contributed by atoms with Gasteiger partial charge in [-0.25, -0.2) is 4.79 Å². The number of para-hydroxylation sites is 1. The smallest absolute Gasteiger partial charge is 0.416 e. The van der Waals surface area contributed by atoms with Gasteiger partial charge in [0.1, 0.15) is 0 Å². The molecular weight excluding hydrogens is 653 g/mol. The molecule has 270 valence electrons. The molecule has 4 amide bonds. The predicted molar refractivity (Wildman–Crippen MR) is 179 cm³/mol. The Bertz CT molecular complexity index is 1550. The number of carbonyl (C=O) groups excluding carboxylic acids is 3. The van der Waals surface area contributed by atoms with Gasteiger partial charge < -0.3 is 25.1 Å². The number of rotatable bonds is 9. The summed E-state index contributed by atoms with van der Waals surface area (Å²) in [6, 6.07) is 12.7. The lowest BCUT2D eigenvalue weighted by Gasteiger charge is -2.43. The molecule has 6 rings (SSSR count). The van der Waals surface area contributed by atoms with Crippen LogP contribution in [0, 0.1) is 5.92 Å². The van der Waals surface area contributed by atoms with Crippen LogP contribution in [0.25, 0.3) is 0 Å². The number of anilines is 1. The third-order valence-electron chi connectivity index (χ3n) is 10.7. The summed E-state index contributed by atoms with van der Waals surface area (Å²) in [5.74, 6) is -2.09. The van der Waals surface area contributed by atoms with Crippen molar-refractivity contribution in [3.63, 3.8) is 0 Å². The van der Waals surface area contributed by atoms with E-state index in [9.17, 15) is 32.3 Å². The highest BCUT2D eigenvalue weighted by Gasteiger charge is 2.37. The van der Waals surface area contributed by atoms with Gasteiger partial charge in [0.25, 0.3) is 0 Å². The molecular formula is C36H45F3N6O5. The van der Waals surface area contributed by atoms with Gasteiger partial charge in [0.05, 0.1) is 18.0 Å². The number of likely N-dealkylation sites (tertiary alicyclic amines) is 2. The number of carbonyl (C=O) groups is 4. The number of fused-ring (bicyclic) bond motifs is 1. The first-order valence-electron chi connectivity index (χ1n) is 17.5. The first kappa shape index (κ1) is 35.6. The van der Waals surface area contributed by atoms with E-state index in [-0.39, 0.29) is 49.3 Å². The van der Waals surface area contributed by atoms with Crippen LogP contribution in [0.4, 0.5) is 23.7 Å². The van der Waals surface area contributed by atoms with Crippen LogP contribution < -0.4 is 5.32 Å². The molecule has 0 unspecified atom stereocenters. The first-order valence-corrected chi connectivity index (χ1v) is 17.5. The third-order valence-corrected chi connectivity index (χ3v) is 10.7. The number of hydrogen-bond acceptors (Lipinski definition) is 6. The van der Waals surface area contributed by atoms with Crippen molar-refractivity contribution in [1.29, 1.82) is 0 Å². The number of carboxylic acid groups (broad SMARTS) is 1. The summed E-state index contributed by atoms with van der Waals surface area (Å²) >= 11 is 0. The summed E-state index contributed by atoms with van der Waals surface area (Å²) in [7, 11) is 0. The lowest BCUT2D eigenvalue weighted by molar-refractivity contribution is -0.143. The second-order valence-electron chi connectivity index (χ2n) is 13.9. The maximum Gasteiger partial charge on any atom is 0.416 e. The fourth-order valence-corrected chi connectivity index (χ4v) is 7.88. The molecule has 0 aromatic heterocycles. The molecule has 50 heavy (non-hydrogen) atoms. The van der Waals surface area contributed by atoms with E-state index in [2.05, 4.69) is 10.2 Å². The van der Waals surface area contributed by atoms with Crippen molar-refractivity contribution in [1.82, 2.24) is 24.5 Å². The number of alkyl halides is 3. The zero-order valence-electron chi connectivity index (χ0n) is 28.1. The van der Waals surface area contributed by atoms with Gasteiger partial charge in [-0.1, -0.05) is 36.4 Å². The number of piperazine rings is 1. The van der Waals surface area contributed by atoms with Crippen LogP contribution in [0.3, 0.4) is 0 Å². The van der Waals surface area contributed by atoms with Gasteiger partial charge in [0.15, 0.2) is 0 Å². The van der Waals surface area contributed by atoms with E-state index >= 15 is 0 Å². The Morgan fingerprint density at radius 2 is 1.50 bits per heavy atom. The van der Waals surface area contributed by atoms with Crippen molar-refractivity contribution in [2.45, 2.75) is 63.3 Å². The summed E-state index contributed by atoms with van der Waals surface area (Å²) in [6.07, 6.45) is -1.97. The SMILES string of the molecule is O=C(O)CN1CCN(C2CCN(C(=O)[C@@H](CC(=O)N3CCC(N4Cc5ccccc5NC4=O)CC3)Cc3cccc(C(F)(F)F)c3)CC2)CC1. The molecule has 4 heterocycles. The number of nitrogens with one attached hydrogen (secondary N) is 1. The Labute approximate surface area is 290 Å². The highest BCUT2D eigenvalue weighted by molar-refractivity contribution is 5.92. The third kappa shape index (κ3) is 8.58. The molecule has 0 bridgehead atoms.